The van der Waals surface area contributed by atoms with Gasteiger partial charge in [0.25, 0.3) is 11.8 Å². The van der Waals surface area contributed by atoms with Gasteiger partial charge in [-0.05, 0) is 48.2 Å². The fraction of sp³-hybridized carbons (Fsp3) is 0.304. The summed E-state index contributed by atoms with van der Waals surface area (Å²) in [6.45, 7) is 4.40. The lowest BCUT2D eigenvalue weighted by Crippen LogP contribution is -2.31. The van der Waals surface area contributed by atoms with E-state index in [1.165, 1.54) is 30.2 Å². The molecule has 0 bridgehead atoms. The van der Waals surface area contributed by atoms with Gasteiger partial charge in [0.2, 0.25) is 0 Å². The Balaban J connectivity index is 1.67. The number of esters is 2. The number of fused-ring (bicyclic) bond motifs is 1. The number of ether oxygens (including phenoxy) is 2. The first kappa shape index (κ1) is 21.2. The summed E-state index contributed by atoms with van der Waals surface area (Å²) in [4.78, 5) is 50.2. The fourth-order valence-corrected chi connectivity index (χ4v) is 3.10. The van der Waals surface area contributed by atoms with Crippen LogP contribution in [0.2, 0.25) is 0 Å². The van der Waals surface area contributed by atoms with E-state index < -0.39 is 11.9 Å². The minimum atomic E-state index is -0.601. The van der Waals surface area contributed by atoms with Crippen molar-refractivity contribution in [1.29, 1.82) is 0 Å². The molecule has 1 aliphatic rings. The number of benzene rings is 2. The first-order chi connectivity index (χ1) is 14.3. The summed E-state index contributed by atoms with van der Waals surface area (Å²) in [6, 6.07) is 10.9. The quantitative estimate of drug-likeness (QED) is 0.514. The van der Waals surface area contributed by atoms with Gasteiger partial charge in [0.15, 0.2) is 0 Å². The third-order valence-electron chi connectivity index (χ3n) is 4.88. The Morgan fingerprint density at radius 2 is 1.53 bits per heavy atom. The summed E-state index contributed by atoms with van der Waals surface area (Å²) in [7, 11) is 1.30. The van der Waals surface area contributed by atoms with Gasteiger partial charge in [-0.2, -0.15) is 0 Å². The lowest BCUT2D eigenvalue weighted by molar-refractivity contribution is 0.0471. The van der Waals surface area contributed by atoms with Crippen molar-refractivity contribution in [3.63, 3.8) is 0 Å². The van der Waals surface area contributed by atoms with Crippen LogP contribution in [0.3, 0.4) is 0 Å². The summed E-state index contributed by atoms with van der Waals surface area (Å²) < 4.78 is 9.94. The van der Waals surface area contributed by atoms with Gasteiger partial charge in [-0.3, -0.25) is 14.5 Å². The smallest absolute Gasteiger partial charge is 0.338 e. The maximum Gasteiger partial charge on any atom is 0.338 e. The van der Waals surface area contributed by atoms with Gasteiger partial charge in [0, 0.05) is 6.54 Å². The zero-order chi connectivity index (χ0) is 21.8. The number of imide groups is 1. The van der Waals surface area contributed by atoms with Crippen LogP contribution in [0.15, 0.2) is 42.5 Å². The predicted molar refractivity (Wildman–Crippen MR) is 108 cm³/mol. The topological polar surface area (TPSA) is 90.0 Å². The maximum absolute atomic E-state index is 12.6. The molecule has 0 aromatic heterocycles. The van der Waals surface area contributed by atoms with E-state index in [1.807, 2.05) is 13.8 Å². The highest BCUT2D eigenvalue weighted by Crippen LogP contribution is 2.25. The zero-order valence-electron chi connectivity index (χ0n) is 17.1. The molecule has 3 rings (SSSR count). The lowest BCUT2D eigenvalue weighted by atomic mass is 10.1. The molecule has 7 nitrogen and oxygen atoms in total. The molecular formula is C23H23NO6. The molecule has 7 heteroatoms. The monoisotopic (exact) mass is 409 g/mol. The van der Waals surface area contributed by atoms with Crippen LogP contribution in [-0.2, 0) is 16.1 Å². The van der Waals surface area contributed by atoms with E-state index in [0.29, 0.717) is 29.2 Å². The van der Waals surface area contributed by atoms with E-state index >= 15 is 0 Å². The number of hydrogen-bond donors (Lipinski definition) is 0. The van der Waals surface area contributed by atoms with E-state index in [0.717, 1.165) is 6.42 Å². The Morgan fingerprint density at radius 1 is 0.900 bits per heavy atom. The van der Waals surface area contributed by atoms with Crippen molar-refractivity contribution in [2.24, 2.45) is 5.92 Å². The second kappa shape index (κ2) is 8.90. The molecular weight excluding hydrogens is 386 g/mol. The molecule has 156 valence electrons. The first-order valence-electron chi connectivity index (χ1n) is 9.66. The average molecular weight is 409 g/mol. The number of methoxy groups -OCH3 is 1. The van der Waals surface area contributed by atoms with E-state index in [9.17, 15) is 19.2 Å². The van der Waals surface area contributed by atoms with Crippen molar-refractivity contribution >= 4 is 23.8 Å². The fourth-order valence-electron chi connectivity index (χ4n) is 3.10. The molecule has 0 spiro atoms. The van der Waals surface area contributed by atoms with Crippen LogP contribution in [0.25, 0.3) is 0 Å². The molecule has 2 amide bonds. The highest BCUT2D eigenvalue weighted by atomic mass is 16.5. The summed E-state index contributed by atoms with van der Waals surface area (Å²) >= 11 is 0. The maximum atomic E-state index is 12.6. The van der Waals surface area contributed by atoms with Crippen LogP contribution in [0.5, 0.6) is 0 Å². The number of carbonyl (C=O) groups excluding carboxylic acids is 4. The summed E-state index contributed by atoms with van der Waals surface area (Å²) in [5, 5.41) is 0. The molecule has 1 heterocycles. The second-order valence-corrected chi connectivity index (χ2v) is 7.47. The van der Waals surface area contributed by atoms with Gasteiger partial charge >= 0.3 is 11.9 Å². The van der Waals surface area contributed by atoms with Crippen molar-refractivity contribution in [2.75, 3.05) is 13.7 Å². The van der Waals surface area contributed by atoms with Gasteiger partial charge in [-0.15, -0.1) is 0 Å². The molecule has 30 heavy (non-hydrogen) atoms. The molecule has 0 unspecified atom stereocenters. The number of carbonyl (C=O) groups is 4. The molecule has 0 N–H and O–H groups in total. The van der Waals surface area contributed by atoms with Crippen molar-refractivity contribution in [2.45, 2.75) is 26.9 Å². The Morgan fingerprint density at radius 3 is 2.17 bits per heavy atom. The van der Waals surface area contributed by atoms with Gasteiger partial charge < -0.3 is 9.47 Å². The van der Waals surface area contributed by atoms with Crippen molar-refractivity contribution < 1.29 is 28.7 Å². The average Bonchev–Trinajstić information content (AvgIpc) is 2.99. The SMILES string of the molecule is COC(=O)c1ccc(COC(=O)c2ccc3c(c2)C(=O)N(CCC(C)C)C3=O)cc1. The van der Waals surface area contributed by atoms with Crippen LogP contribution in [0, 0.1) is 5.92 Å². The molecule has 0 aliphatic carbocycles. The summed E-state index contributed by atoms with van der Waals surface area (Å²) in [5.74, 6) is -1.40. The molecule has 0 fully saturated rings. The number of hydrogen-bond acceptors (Lipinski definition) is 6. The minimum Gasteiger partial charge on any atom is -0.465 e. The highest BCUT2D eigenvalue weighted by Gasteiger charge is 2.35. The van der Waals surface area contributed by atoms with Crippen LogP contribution < -0.4 is 0 Å². The molecule has 0 atom stereocenters. The van der Waals surface area contributed by atoms with Crippen LogP contribution in [0.1, 0.15) is 67.3 Å². The van der Waals surface area contributed by atoms with Gasteiger partial charge in [0.1, 0.15) is 6.61 Å². The molecule has 0 saturated heterocycles. The third-order valence-corrected chi connectivity index (χ3v) is 4.88. The largest absolute Gasteiger partial charge is 0.465 e. The highest BCUT2D eigenvalue weighted by molar-refractivity contribution is 6.21. The van der Waals surface area contributed by atoms with E-state index in [2.05, 4.69) is 4.74 Å². The van der Waals surface area contributed by atoms with Gasteiger partial charge in [-0.1, -0.05) is 26.0 Å². The number of rotatable bonds is 7. The van der Waals surface area contributed by atoms with Gasteiger partial charge in [-0.25, -0.2) is 9.59 Å². The van der Waals surface area contributed by atoms with E-state index in [-0.39, 0.29) is 29.5 Å². The second-order valence-electron chi connectivity index (χ2n) is 7.47. The van der Waals surface area contributed by atoms with Crippen LogP contribution >= 0.6 is 0 Å². The molecule has 0 radical (unpaired) electrons. The molecule has 2 aromatic carbocycles. The van der Waals surface area contributed by atoms with Gasteiger partial charge in [0.05, 0.1) is 29.4 Å². The Hall–Kier alpha value is -3.48. The summed E-state index contributed by atoms with van der Waals surface area (Å²) in [6.07, 6.45) is 0.717. The lowest BCUT2D eigenvalue weighted by Gasteiger charge is -2.14. The molecule has 0 saturated carbocycles. The normalized spacial score (nSPS) is 12.9. The molecule has 1 aliphatic heterocycles. The summed E-state index contributed by atoms with van der Waals surface area (Å²) in [5.41, 5.74) is 1.82. The minimum absolute atomic E-state index is 0.00472. The number of nitrogens with zero attached hydrogens (tertiary/aromatic N) is 1. The Kier molecular flexibility index (Phi) is 6.30. The van der Waals surface area contributed by atoms with E-state index in [4.69, 9.17) is 4.74 Å². The van der Waals surface area contributed by atoms with Crippen molar-refractivity contribution in [3.8, 4) is 0 Å². The van der Waals surface area contributed by atoms with Crippen molar-refractivity contribution in [3.05, 3.63) is 70.3 Å². The molecule has 2 aromatic rings. The standard InChI is InChI=1S/C23H23NO6/c1-14(2)10-11-24-20(25)18-9-8-17(12-19(18)21(24)26)23(28)30-13-15-4-6-16(7-5-15)22(27)29-3/h4-9,12,14H,10-11,13H2,1-3H3. The predicted octanol–water partition coefficient (Wildman–Crippen LogP) is 3.47. The van der Waals surface area contributed by atoms with E-state index in [1.54, 1.807) is 24.3 Å². The third kappa shape index (κ3) is 4.40. The van der Waals surface area contributed by atoms with Crippen molar-refractivity contribution in [1.82, 2.24) is 4.90 Å². The first-order valence-corrected chi connectivity index (χ1v) is 9.66. The Bertz CT molecular complexity index is 993. The zero-order valence-corrected chi connectivity index (χ0v) is 17.1. The van der Waals surface area contributed by atoms with Crippen LogP contribution in [-0.4, -0.2) is 42.3 Å². The van der Waals surface area contributed by atoms with Crippen LogP contribution in [0.4, 0.5) is 0 Å². The number of amides is 2. The Labute approximate surface area is 174 Å².